The zero-order chi connectivity index (χ0) is 12.1. The summed E-state index contributed by atoms with van der Waals surface area (Å²) in [6, 6.07) is 11.9. The zero-order valence-electron chi connectivity index (χ0n) is 9.84. The molecular formula is C14H16N2O. The van der Waals surface area contributed by atoms with Crippen molar-refractivity contribution in [1.29, 1.82) is 0 Å². The van der Waals surface area contributed by atoms with Crippen molar-refractivity contribution >= 4 is 0 Å². The van der Waals surface area contributed by atoms with Gasteiger partial charge in [-0.15, -0.1) is 0 Å². The van der Waals surface area contributed by atoms with Gasteiger partial charge in [0.1, 0.15) is 11.5 Å². The molecule has 2 aromatic rings. The van der Waals surface area contributed by atoms with Gasteiger partial charge in [0.05, 0.1) is 6.20 Å². The standard InChI is InChI=1S/C14H16N2O/c1-11(15)8-12-4-2-5-13(9-12)17-14-6-3-7-16-10-14/h2-7,9-11H,8,15H2,1H3. The molecular weight excluding hydrogens is 212 g/mol. The van der Waals surface area contributed by atoms with Gasteiger partial charge in [-0.25, -0.2) is 0 Å². The van der Waals surface area contributed by atoms with Crippen LogP contribution in [-0.2, 0) is 6.42 Å². The second-order valence-electron chi connectivity index (χ2n) is 4.12. The molecule has 1 aromatic carbocycles. The highest BCUT2D eigenvalue weighted by molar-refractivity contribution is 5.33. The Morgan fingerprint density at radius 1 is 1.24 bits per heavy atom. The third-order valence-corrected chi connectivity index (χ3v) is 2.33. The maximum atomic E-state index is 5.78. The van der Waals surface area contributed by atoms with Gasteiger partial charge >= 0.3 is 0 Å². The maximum Gasteiger partial charge on any atom is 0.145 e. The molecule has 0 radical (unpaired) electrons. The molecule has 3 nitrogen and oxygen atoms in total. The second kappa shape index (κ2) is 5.46. The van der Waals surface area contributed by atoms with E-state index in [4.69, 9.17) is 10.5 Å². The van der Waals surface area contributed by atoms with Crippen molar-refractivity contribution in [1.82, 2.24) is 4.98 Å². The van der Waals surface area contributed by atoms with Gasteiger partial charge in [0, 0.05) is 12.2 Å². The lowest BCUT2D eigenvalue weighted by atomic mass is 10.1. The number of ether oxygens (including phenoxy) is 1. The summed E-state index contributed by atoms with van der Waals surface area (Å²) in [5.74, 6) is 1.56. The number of aromatic nitrogens is 1. The van der Waals surface area contributed by atoms with Crippen LogP contribution in [0.4, 0.5) is 0 Å². The highest BCUT2D eigenvalue weighted by atomic mass is 16.5. The summed E-state index contributed by atoms with van der Waals surface area (Å²) in [6.07, 6.45) is 4.27. The Bertz CT molecular complexity index is 469. The molecule has 3 heteroatoms. The minimum absolute atomic E-state index is 0.156. The van der Waals surface area contributed by atoms with Crippen molar-refractivity contribution in [3.63, 3.8) is 0 Å². The molecule has 0 amide bonds. The Balaban J connectivity index is 2.11. The molecule has 2 N–H and O–H groups in total. The van der Waals surface area contributed by atoms with Crippen LogP contribution in [0.1, 0.15) is 12.5 Å². The summed E-state index contributed by atoms with van der Waals surface area (Å²) in [4.78, 5) is 4.01. The Hall–Kier alpha value is -1.87. The van der Waals surface area contributed by atoms with E-state index in [1.54, 1.807) is 12.4 Å². The van der Waals surface area contributed by atoms with Crippen LogP contribution in [0.25, 0.3) is 0 Å². The van der Waals surface area contributed by atoms with Gasteiger partial charge < -0.3 is 10.5 Å². The Kier molecular flexibility index (Phi) is 3.73. The number of hydrogen-bond donors (Lipinski definition) is 1. The van der Waals surface area contributed by atoms with Gasteiger partial charge in [-0.1, -0.05) is 12.1 Å². The van der Waals surface area contributed by atoms with Gasteiger partial charge in [-0.2, -0.15) is 0 Å². The molecule has 0 aliphatic carbocycles. The SMILES string of the molecule is CC(N)Cc1cccc(Oc2cccnc2)c1. The van der Waals surface area contributed by atoms with Crippen molar-refractivity contribution in [2.45, 2.75) is 19.4 Å². The summed E-state index contributed by atoms with van der Waals surface area (Å²) >= 11 is 0. The molecule has 0 aliphatic heterocycles. The van der Waals surface area contributed by atoms with Crippen LogP contribution >= 0.6 is 0 Å². The van der Waals surface area contributed by atoms with Crippen molar-refractivity contribution in [2.75, 3.05) is 0 Å². The van der Waals surface area contributed by atoms with Crippen LogP contribution in [0.2, 0.25) is 0 Å². The molecule has 0 fully saturated rings. The van der Waals surface area contributed by atoms with Gasteiger partial charge in [-0.05, 0) is 43.2 Å². The fraction of sp³-hybridized carbons (Fsp3) is 0.214. The first-order valence-electron chi connectivity index (χ1n) is 5.66. The first kappa shape index (κ1) is 11.6. The minimum Gasteiger partial charge on any atom is -0.456 e. The van der Waals surface area contributed by atoms with Crippen molar-refractivity contribution in [3.05, 3.63) is 54.4 Å². The topological polar surface area (TPSA) is 48.1 Å². The highest BCUT2D eigenvalue weighted by Crippen LogP contribution is 2.21. The van der Waals surface area contributed by atoms with Gasteiger partial charge in [0.15, 0.2) is 0 Å². The molecule has 2 rings (SSSR count). The Morgan fingerprint density at radius 3 is 2.76 bits per heavy atom. The lowest BCUT2D eigenvalue weighted by Crippen LogP contribution is -2.17. The summed E-state index contributed by atoms with van der Waals surface area (Å²) in [5, 5.41) is 0. The molecule has 17 heavy (non-hydrogen) atoms. The van der Waals surface area contributed by atoms with Gasteiger partial charge in [-0.3, -0.25) is 4.98 Å². The molecule has 1 atom stereocenters. The van der Waals surface area contributed by atoms with Gasteiger partial charge in [0.2, 0.25) is 0 Å². The fourth-order valence-corrected chi connectivity index (χ4v) is 1.65. The van der Waals surface area contributed by atoms with E-state index >= 15 is 0 Å². The van der Waals surface area contributed by atoms with E-state index in [1.165, 1.54) is 5.56 Å². The lowest BCUT2D eigenvalue weighted by molar-refractivity contribution is 0.479. The number of pyridine rings is 1. The molecule has 1 unspecified atom stereocenters. The summed E-state index contributed by atoms with van der Waals surface area (Å²) < 4.78 is 5.70. The largest absolute Gasteiger partial charge is 0.456 e. The number of rotatable bonds is 4. The monoisotopic (exact) mass is 228 g/mol. The first-order valence-corrected chi connectivity index (χ1v) is 5.66. The van der Waals surface area contributed by atoms with Crippen molar-refractivity contribution < 1.29 is 4.74 Å². The third kappa shape index (κ3) is 3.57. The number of nitrogens with zero attached hydrogens (tertiary/aromatic N) is 1. The van der Waals surface area contributed by atoms with Crippen LogP contribution in [0, 0.1) is 0 Å². The van der Waals surface area contributed by atoms with Crippen LogP contribution in [0.3, 0.4) is 0 Å². The Morgan fingerprint density at radius 2 is 2.06 bits per heavy atom. The number of benzene rings is 1. The van der Waals surface area contributed by atoms with E-state index in [9.17, 15) is 0 Å². The normalized spacial score (nSPS) is 12.1. The van der Waals surface area contributed by atoms with E-state index < -0.39 is 0 Å². The van der Waals surface area contributed by atoms with Crippen LogP contribution < -0.4 is 10.5 Å². The quantitative estimate of drug-likeness (QED) is 0.875. The predicted molar refractivity (Wildman–Crippen MR) is 68.1 cm³/mol. The van der Waals surface area contributed by atoms with Gasteiger partial charge in [0.25, 0.3) is 0 Å². The predicted octanol–water partition coefficient (Wildman–Crippen LogP) is 2.76. The molecule has 0 aliphatic rings. The fourth-order valence-electron chi connectivity index (χ4n) is 1.65. The van der Waals surface area contributed by atoms with E-state index in [0.29, 0.717) is 0 Å². The highest BCUT2D eigenvalue weighted by Gasteiger charge is 2.01. The minimum atomic E-state index is 0.156. The van der Waals surface area contributed by atoms with E-state index in [0.717, 1.165) is 17.9 Å². The third-order valence-electron chi connectivity index (χ3n) is 2.33. The molecule has 0 saturated heterocycles. The van der Waals surface area contributed by atoms with E-state index in [2.05, 4.69) is 11.1 Å². The molecule has 0 spiro atoms. The van der Waals surface area contributed by atoms with Crippen LogP contribution in [-0.4, -0.2) is 11.0 Å². The average molecular weight is 228 g/mol. The smallest absolute Gasteiger partial charge is 0.145 e. The van der Waals surface area contributed by atoms with E-state index in [1.807, 2.05) is 37.3 Å². The summed E-state index contributed by atoms with van der Waals surface area (Å²) in [5.41, 5.74) is 6.96. The lowest BCUT2D eigenvalue weighted by Gasteiger charge is -2.08. The molecule has 1 aromatic heterocycles. The molecule has 0 bridgehead atoms. The van der Waals surface area contributed by atoms with Crippen LogP contribution in [0.15, 0.2) is 48.8 Å². The zero-order valence-corrected chi connectivity index (χ0v) is 9.84. The summed E-state index contributed by atoms with van der Waals surface area (Å²) in [7, 11) is 0. The van der Waals surface area contributed by atoms with E-state index in [-0.39, 0.29) is 6.04 Å². The van der Waals surface area contributed by atoms with Crippen LogP contribution in [0.5, 0.6) is 11.5 Å². The molecule has 1 heterocycles. The Labute approximate surface area is 101 Å². The number of nitrogens with two attached hydrogens (primary N) is 1. The van der Waals surface area contributed by atoms with Crippen molar-refractivity contribution in [2.24, 2.45) is 5.73 Å². The number of hydrogen-bond acceptors (Lipinski definition) is 3. The summed E-state index contributed by atoms with van der Waals surface area (Å²) in [6.45, 7) is 1.99. The average Bonchev–Trinajstić information content (AvgIpc) is 2.30. The molecule has 0 saturated carbocycles. The first-order chi connectivity index (χ1) is 8.24. The van der Waals surface area contributed by atoms with Crippen molar-refractivity contribution in [3.8, 4) is 11.5 Å². The second-order valence-corrected chi connectivity index (χ2v) is 4.12. The molecule has 88 valence electrons. The maximum absolute atomic E-state index is 5.78.